The standard InChI is InChI=1S/C11H12FNO3S/c1-16-6-2-3-7(8(12)4-6)10-13-9(5-17-10)11(14)15/h2-4,9-10,13H,5H2,1H3,(H,14,15)/t9-,10+/m1/s1. The fourth-order valence-electron chi connectivity index (χ4n) is 1.64. The summed E-state index contributed by atoms with van der Waals surface area (Å²) in [5.41, 5.74) is 0.458. The molecule has 0 saturated carbocycles. The predicted molar refractivity (Wildman–Crippen MR) is 62.7 cm³/mol. The van der Waals surface area contributed by atoms with Crippen molar-refractivity contribution in [2.45, 2.75) is 11.4 Å². The number of methoxy groups -OCH3 is 1. The molecule has 2 atom stereocenters. The first-order valence-electron chi connectivity index (χ1n) is 5.05. The second-order valence-electron chi connectivity index (χ2n) is 3.66. The second-order valence-corrected chi connectivity index (χ2v) is 4.80. The summed E-state index contributed by atoms with van der Waals surface area (Å²) in [7, 11) is 1.47. The van der Waals surface area contributed by atoms with E-state index in [0.717, 1.165) is 0 Å². The Morgan fingerprint density at radius 3 is 2.94 bits per heavy atom. The topological polar surface area (TPSA) is 58.6 Å². The zero-order valence-electron chi connectivity index (χ0n) is 9.14. The van der Waals surface area contributed by atoms with Crippen molar-refractivity contribution in [2.75, 3.05) is 12.9 Å². The van der Waals surface area contributed by atoms with E-state index >= 15 is 0 Å². The fourth-order valence-corrected chi connectivity index (χ4v) is 2.90. The smallest absolute Gasteiger partial charge is 0.321 e. The Hall–Kier alpha value is -1.27. The van der Waals surface area contributed by atoms with Gasteiger partial charge in [-0.25, -0.2) is 4.39 Å². The third-order valence-electron chi connectivity index (χ3n) is 2.57. The van der Waals surface area contributed by atoms with E-state index in [9.17, 15) is 9.18 Å². The number of carbonyl (C=O) groups is 1. The van der Waals surface area contributed by atoms with Crippen LogP contribution in [0.15, 0.2) is 18.2 Å². The largest absolute Gasteiger partial charge is 0.497 e. The highest BCUT2D eigenvalue weighted by atomic mass is 32.2. The van der Waals surface area contributed by atoms with Crippen LogP contribution in [0.1, 0.15) is 10.9 Å². The third-order valence-corrected chi connectivity index (χ3v) is 3.82. The SMILES string of the molecule is COc1ccc([C@H]2N[C@@H](C(=O)O)CS2)c(F)c1. The van der Waals surface area contributed by atoms with Crippen LogP contribution in [-0.4, -0.2) is 30.0 Å². The van der Waals surface area contributed by atoms with Crippen LogP contribution in [0.25, 0.3) is 0 Å². The molecule has 6 heteroatoms. The van der Waals surface area contributed by atoms with Crippen molar-refractivity contribution in [1.29, 1.82) is 0 Å². The summed E-state index contributed by atoms with van der Waals surface area (Å²) < 4.78 is 18.6. The fraction of sp³-hybridized carbons (Fsp3) is 0.364. The van der Waals surface area contributed by atoms with Crippen LogP contribution in [-0.2, 0) is 4.79 Å². The third kappa shape index (κ3) is 2.53. The summed E-state index contributed by atoms with van der Waals surface area (Å²) in [4.78, 5) is 10.8. The number of ether oxygens (including phenoxy) is 1. The molecule has 1 heterocycles. The molecular weight excluding hydrogens is 245 g/mol. The van der Waals surface area contributed by atoms with Crippen molar-refractivity contribution in [3.63, 3.8) is 0 Å². The predicted octanol–water partition coefficient (Wildman–Crippen LogP) is 1.62. The summed E-state index contributed by atoms with van der Waals surface area (Å²) in [5.74, 6) is -0.413. The van der Waals surface area contributed by atoms with Crippen molar-refractivity contribution in [2.24, 2.45) is 0 Å². The molecule has 0 unspecified atom stereocenters. The first-order chi connectivity index (χ1) is 8.11. The second kappa shape index (κ2) is 4.93. The molecule has 0 aliphatic carbocycles. The minimum atomic E-state index is -0.908. The Labute approximate surface area is 102 Å². The van der Waals surface area contributed by atoms with E-state index in [1.54, 1.807) is 12.1 Å². The van der Waals surface area contributed by atoms with E-state index in [0.29, 0.717) is 17.1 Å². The van der Waals surface area contributed by atoms with Gasteiger partial charge in [-0.1, -0.05) is 0 Å². The van der Waals surface area contributed by atoms with E-state index in [4.69, 9.17) is 9.84 Å². The molecule has 17 heavy (non-hydrogen) atoms. The number of aliphatic carboxylic acids is 1. The van der Waals surface area contributed by atoms with Crippen molar-refractivity contribution >= 4 is 17.7 Å². The van der Waals surface area contributed by atoms with Crippen LogP contribution < -0.4 is 10.1 Å². The Kier molecular flexibility index (Phi) is 3.54. The van der Waals surface area contributed by atoms with Gasteiger partial charge in [0.25, 0.3) is 0 Å². The van der Waals surface area contributed by atoms with Crippen LogP contribution >= 0.6 is 11.8 Å². The van der Waals surface area contributed by atoms with Gasteiger partial charge in [0.15, 0.2) is 0 Å². The number of halogens is 1. The zero-order valence-corrected chi connectivity index (χ0v) is 9.96. The average Bonchev–Trinajstić information content (AvgIpc) is 2.78. The molecule has 1 aliphatic rings. The Morgan fingerprint density at radius 1 is 1.65 bits per heavy atom. The van der Waals surface area contributed by atoms with Gasteiger partial charge in [0.2, 0.25) is 0 Å². The van der Waals surface area contributed by atoms with Gasteiger partial charge in [-0.3, -0.25) is 10.1 Å². The molecule has 0 amide bonds. The Balaban J connectivity index is 2.16. The lowest BCUT2D eigenvalue weighted by Crippen LogP contribution is -2.33. The molecule has 1 saturated heterocycles. The molecule has 2 N–H and O–H groups in total. The van der Waals surface area contributed by atoms with E-state index in [1.807, 2.05) is 0 Å². The van der Waals surface area contributed by atoms with Crippen LogP contribution in [0.2, 0.25) is 0 Å². The molecule has 1 aromatic rings. The van der Waals surface area contributed by atoms with Gasteiger partial charge >= 0.3 is 5.97 Å². The highest BCUT2D eigenvalue weighted by molar-refractivity contribution is 7.99. The van der Waals surface area contributed by atoms with Gasteiger partial charge in [0.05, 0.1) is 12.5 Å². The molecule has 0 aromatic heterocycles. The lowest BCUT2D eigenvalue weighted by molar-refractivity contribution is -0.138. The number of hydrogen-bond acceptors (Lipinski definition) is 4. The number of hydrogen-bond donors (Lipinski definition) is 2. The molecule has 92 valence electrons. The molecule has 2 rings (SSSR count). The normalized spacial score (nSPS) is 23.6. The van der Waals surface area contributed by atoms with Crippen LogP contribution in [0.5, 0.6) is 5.75 Å². The maximum atomic E-state index is 13.7. The summed E-state index contributed by atoms with van der Waals surface area (Å²) >= 11 is 1.39. The van der Waals surface area contributed by atoms with Gasteiger partial charge in [-0.15, -0.1) is 11.8 Å². The first kappa shape index (κ1) is 12.2. The molecule has 1 aliphatic heterocycles. The minimum absolute atomic E-state index is 0.318. The quantitative estimate of drug-likeness (QED) is 0.861. The van der Waals surface area contributed by atoms with Gasteiger partial charge in [0.1, 0.15) is 17.6 Å². The number of nitrogens with one attached hydrogen (secondary N) is 1. The summed E-state index contributed by atoms with van der Waals surface area (Å²) in [6.45, 7) is 0. The van der Waals surface area contributed by atoms with Gasteiger partial charge < -0.3 is 9.84 Å². The van der Waals surface area contributed by atoms with Crippen molar-refractivity contribution in [1.82, 2.24) is 5.32 Å². The van der Waals surface area contributed by atoms with E-state index < -0.39 is 12.0 Å². The minimum Gasteiger partial charge on any atom is -0.497 e. The highest BCUT2D eigenvalue weighted by Gasteiger charge is 2.31. The van der Waals surface area contributed by atoms with E-state index in [2.05, 4.69) is 5.32 Å². The molecular formula is C11H12FNO3S. The van der Waals surface area contributed by atoms with Crippen LogP contribution in [0, 0.1) is 5.82 Å². The number of carboxylic acids is 1. The molecule has 0 spiro atoms. The Bertz CT molecular complexity index is 441. The number of carboxylic acid groups (broad SMARTS) is 1. The lowest BCUT2D eigenvalue weighted by atomic mass is 10.2. The average molecular weight is 257 g/mol. The first-order valence-corrected chi connectivity index (χ1v) is 6.10. The zero-order chi connectivity index (χ0) is 12.4. The monoisotopic (exact) mass is 257 g/mol. The number of benzene rings is 1. The summed E-state index contributed by atoms with van der Waals surface area (Å²) in [6, 6.07) is 3.95. The number of thioether (sulfide) groups is 1. The van der Waals surface area contributed by atoms with E-state index in [1.165, 1.54) is 24.9 Å². The summed E-state index contributed by atoms with van der Waals surface area (Å²) in [5, 5.41) is 11.4. The number of rotatable bonds is 3. The molecule has 1 fully saturated rings. The lowest BCUT2D eigenvalue weighted by Gasteiger charge is -2.13. The van der Waals surface area contributed by atoms with Gasteiger partial charge in [-0.05, 0) is 12.1 Å². The van der Waals surface area contributed by atoms with Crippen molar-refractivity contribution in [3.8, 4) is 5.75 Å². The van der Waals surface area contributed by atoms with Crippen LogP contribution in [0.4, 0.5) is 4.39 Å². The maximum absolute atomic E-state index is 13.7. The van der Waals surface area contributed by atoms with E-state index in [-0.39, 0.29) is 11.2 Å². The van der Waals surface area contributed by atoms with Crippen LogP contribution in [0.3, 0.4) is 0 Å². The van der Waals surface area contributed by atoms with Crippen molar-refractivity contribution < 1.29 is 19.0 Å². The maximum Gasteiger partial charge on any atom is 0.321 e. The van der Waals surface area contributed by atoms with Gasteiger partial charge in [-0.2, -0.15) is 0 Å². The Morgan fingerprint density at radius 2 is 2.41 bits per heavy atom. The highest BCUT2D eigenvalue weighted by Crippen LogP contribution is 2.35. The molecule has 0 bridgehead atoms. The molecule has 0 radical (unpaired) electrons. The van der Waals surface area contributed by atoms with Gasteiger partial charge in [0, 0.05) is 17.4 Å². The van der Waals surface area contributed by atoms with Crippen molar-refractivity contribution in [3.05, 3.63) is 29.6 Å². The summed E-state index contributed by atoms with van der Waals surface area (Å²) in [6.07, 6.45) is 0. The molecule has 1 aromatic carbocycles. The molecule has 4 nitrogen and oxygen atoms in total.